The molecule has 0 saturated heterocycles. The van der Waals surface area contributed by atoms with Crippen molar-refractivity contribution in [2.45, 2.75) is 38.5 Å². The van der Waals surface area contributed by atoms with Crippen LogP contribution in [0.2, 0.25) is 0 Å². The van der Waals surface area contributed by atoms with Crippen LogP contribution in [0.15, 0.2) is 30.3 Å². The molecular weight excluding hydrogens is 228 g/mol. The minimum atomic E-state index is -0.704. The molecule has 0 saturated carbocycles. The molecule has 4 heteroatoms. The minimum absolute atomic E-state index is 0.139. The SMILES string of the molecule is CCC(N)C(=O)N(C)[C@@H](C)[C@@H](O)c1ccccc1. The van der Waals surface area contributed by atoms with Crippen LogP contribution < -0.4 is 5.73 Å². The molecule has 3 N–H and O–H groups in total. The Morgan fingerprint density at radius 1 is 1.39 bits per heavy atom. The van der Waals surface area contributed by atoms with Crippen LogP contribution in [0.3, 0.4) is 0 Å². The predicted octanol–water partition coefficient (Wildman–Crippen LogP) is 1.30. The molecule has 0 aliphatic carbocycles. The molecule has 0 aliphatic heterocycles. The normalized spacial score (nSPS) is 15.8. The zero-order chi connectivity index (χ0) is 13.7. The lowest BCUT2D eigenvalue weighted by molar-refractivity contribution is -0.135. The van der Waals surface area contributed by atoms with Gasteiger partial charge in [0.25, 0.3) is 0 Å². The van der Waals surface area contributed by atoms with E-state index in [0.717, 1.165) is 5.56 Å². The van der Waals surface area contributed by atoms with E-state index in [1.807, 2.05) is 44.2 Å². The van der Waals surface area contributed by atoms with Gasteiger partial charge in [-0.3, -0.25) is 4.79 Å². The molecule has 4 nitrogen and oxygen atoms in total. The van der Waals surface area contributed by atoms with Crippen LogP contribution in [0, 0.1) is 0 Å². The summed E-state index contributed by atoms with van der Waals surface area (Å²) in [4.78, 5) is 13.5. The highest BCUT2D eigenvalue weighted by atomic mass is 16.3. The van der Waals surface area contributed by atoms with Crippen molar-refractivity contribution in [3.63, 3.8) is 0 Å². The van der Waals surface area contributed by atoms with Crippen molar-refractivity contribution in [3.05, 3.63) is 35.9 Å². The van der Waals surface area contributed by atoms with E-state index in [0.29, 0.717) is 6.42 Å². The highest BCUT2D eigenvalue weighted by molar-refractivity contribution is 5.81. The number of benzene rings is 1. The second-order valence-corrected chi connectivity index (χ2v) is 4.56. The topological polar surface area (TPSA) is 66.6 Å². The Kier molecular flexibility index (Phi) is 5.31. The van der Waals surface area contributed by atoms with E-state index < -0.39 is 12.1 Å². The van der Waals surface area contributed by atoms with Gasteiger partial charge in [-0.1, -0.05) is 37.3 Å². The number of amides is 1. The molecule has 0 aromatic heterocycles. The van der Waals surface area contributed by atoms with E-state index in [9.17, 15) is 9.90 Å². The molecule has 0 bridgehead atoms. The van der Waals surface area contributed by atoms with Crippen LogP contribution in [0.1, 0.15) is 31.9 Å². The van der Waals surface area contributed by atoms with Crippen molar-refractivity contribution in [1.82, 2.24) is 4.90 Å². The number of carbonyl (C=O) groups is 1. The first kappa shape index (κ1) is 14.7. The summed E-state index contributed by atoms with van der Waals surface area (Å²) in [5.74, 6) is -0.139. The fraction of sp³-hybridized carbons (Fsp3) is 0.500. The van der Waals surface area contributed by atoms with Crippen molar-refractivity contribution in [2.24, 2.45) is 5.73 Å². The quantitative estimate of drug-likeness (QED) is 0.828. The maximum Gasteiger partial charge on any atom is 0.239 e. The largest absolute Gasteiger partial charge is 0.386 e. The number of carbonyl (C=O) groups excluding carboxylic acids is 1. The van der Waals surface area contributed by atoms with E-state index in [-0.39, 0.29) is 11.9 Å². The smallest absolute Gasteiger partial charge is 0.239 e. The number of nitrogens with two attached hydrogens (primary N) is 1. The zero-order valence-electron chi connectivity index (χ0n) is 11.2. The molecule has 100 valence electrons. The summed E-state index contributed by atoms with van der Waals surface area (Å²) in [6.07, 6.45) is -0.110. The molecular formula is C14H22N2O2. The number of aliphatic hydroxyl groups excluding tert-OH is 1. The Labute approximate surface area is 108 Å². The first-order valence-electron chi connectivity index (χ1n) is 6.24. The number of hydrogen-bond donors (Lipinski definition) is 2. The highest BCUT2D eigenvalue weighted by Crippen LogP contribution is 2.20. The standard InChI is InChI=1S/C14H22N2O2/c1-4-12(15)14(18)16(3)10(2)13(17)11-8-6-5-7-9-11/h5-10,12-13,17H,4,15H2,1-3H3/t10-,12?,13+/m0/s1. The molecule has 1 aromatic rings. The van der Waals surface area contributed by atoms with Gasteiger partial charge >= 0.3 is 0 Å². The van der Waals surface area contributed by atoms with Gasteiger partial charge in [0.05, 0.1) is 18.2 Å². The monoisotopic (exact) mass is 250 g/mol. The average molecular weight is 250 g/mol. The Hall–Kier alpha value is -1.39. The number of aliphatic hydroxyl groups is 1. The van der Waals surface area contributed by atoms with E-state index in [1.54, 1.807) is 7.05 Å². The van der Waals surface area contributed by atoms with Gasteiger partial charge in [-0.05, 0) is 18.9 Å². The Bertz CT molecular complexity index is 381. The van der Waals surface area contributed by atoms with Crippen LogP contribution in [-0.2, 0) is 4.79 Å². The summed E-state index contributed by atoms with van der Waals surface area (Å²) in [5.41, 5.74) is 6.52. The van der Waals surface area contributed by atoms with E-state index in [2.05, 4.69) is 0 Å². The van der Waals surface area contributed by atoms with E-state index >= 15 is 0 Å². The van der Waals surface area contributed by atoms with Gasteiger partial charge in [0.2, 0.25) is 5.91 Å². The number of hydrogen-bond acceptors (Lipinski definition) is 3. The summed E-state index contributed by atoms with van der Waals surface area (Å²) in [5, 5.41) is 10.2. The van der Waals surface area contributed by atoms with Gasteiger partial charge in [-0.2, -0.15) is 0 Å². The Balaban J connectivity index is 2.75. The number of likely N-dealkylation sites (N-methyl/N-ethyl adjacent to an activating group) is 1. The fourth-order valence-corrected chi connectivity index (χ4v) is 1.78. The third-order valence-corrected chi connectivity index (χ3v) is 3.31. The zero-order valence-corrected chi connectivity index (χ0v) is 11.2. The lowest BCUT2D eigenvalue weighted by Gasteiger charge is -2.31. The molecule has 0 fully saturated rings. The van der Waals surface area contributed by atoms with Gasteiger partial charge in [0.1, 0.15) is 0 Å². The maximum atomic E-state index is 11.9. The molecule has 1 aromatic carbocycles. The molecule has 0 spiro atoms. The molecule has 18 heavy (non-hydrogen) atoms. The Morgan fingerprint density at radius 3 is 2.44 bits per heavy atom. The second kappa shape index (κ2) is 6.52. The molecule has 1 amide bonds. The molecule has 0 heterocycles. The van der Waals surface area contributed by atoms with Crippen molar-refractivity contribution in [1.29, 1.82) is 0 Å². The van der Waals surface area contributed by atoms with Crippen molar-refractivity contribution in [2.75, 3.05) is 7.05 Å². The predicted molar refractivity (Wildman–Crippen MR) is 71.9 cm³/mol. The van der Waals surface area contributed by atoms with Crippen molar-refractivity contribution >= 4 is 5.91 Å². The summed E-state index contributed by atoms with van der Waals surface area (Å²) in [6, 6.07) is 8.51. The van der Waals surface area contributed by atoms with Gasteiger partial charge in [-0.25, -0.2) is 0 Å². The molecule has 0 radical (unpaired) electrons. The van der Waals surface area contributed by atoms with Gasteiger partial charge in [0.15, 0.2) is 0 Å². The third-order valence-electron chi connectivity index (χ3n) is 3.31. The van der Waals surface area contributed by atoms with Crippen LogP contribution in [0.4, 0.5) is 0 Å². The summed E-state index contributed by atoms with van der Waals surface area (Å²) in [7, 11) is 1.68. The average Bonchev–Trinajstić information content (AvgIpc) is 2.44. The van der Waals surface area contributed by atoms with Crippen LogP contribution in [0.5, 0.6) is 0 Å². The maximum absolute atomic E-state index is 11.9. The summed E-state index contributed by atoms with van der Waals surface area (Å²) >= 11 is 0. The lowest BCUT2D eigenvalue weighted by Crippen LogP contribution is -2.47. The van der Waals surface area contributed by atoms with Crippen LogP contribution >= 0.6 is 0 Å². The number of rotatable bonds is 5. The van der Waals surface area contributed by atoms with Crippen LogP contribution in [0.25, 0.3) is 0 Å². The molecule has 1 unspecified atom stereocenters. The molecule has 0 aliphatic rings. The molecule has 1 rings (SSSR count). The highest BCUT2D eigenvalue weighted by Gasteiger charge is 2.26. The molecule has 3 atom stereocenters. The third kappa shape index (κ3) is 3.31. The number of nitrogens with zero attached hydrogens (tertiary/aromatic N) is 1. The van der Waals surface area contributed by atoms with E-state index in [4.69, 9.17) is 5.73 Å². The fourth-order valence-electron chi connectivity index (χ4n) is 1.78. The first-order valence-corrected chi connectivity index (χ1v) is 6.24. The van der Waals surface area contributed by atoms with Crippen molar-refractivity contribution < 1.29 is 9.90 Å². The van der Waals surface area contributed by atoms with E-state index in [1.165, 1.54) is 4.90 Å². The van der Waals surface area contributed by atoms with Gasteiger partial charge in [0, 0.05) is 7.05 Å². The summed E-state index contributed by atoms with van der Waals surface area (Å²) < 4.78 is 0. The lowest BCUT2D eigenvalue weighted by atomic mass is 10.0. The van der Waals surface area contributed by atoms with Crippen LogP contribution in [-0.4, -0.2) is 35.0 Å². The van der Waals surface area contributed by atoms with Gasteiger partial charge < -0.3 is 15.7 Å². The van der Waals surface area contributed by atoms with Gasteiger partial charge in [-0.15, -0.1) is 0 Å². The second-order valence-electron chi connectivity index (χ2n) is 4.56. The Morgan fingerprint density at radius 2 is 1.94 bits per heavy atom. The summed E-state index contributed by atoms with van der Waals surface area (Å²) in [6.45, 7) is 3.69. The first-order chi connectivity index (χ1) is 8.49. The minimum Gasteiger partial charge on any atom is -0.386 e. The van der Waals surface area contributed by atoms with Crippen molar-refractivity contribution in [3.8, 4) is 0 Å².